The molecule has 0 bridgehead atoms. The molecule has 19 heavy (non-hydrogen) atoms. The lowest BCUT2D eigenvalue weighted by Gasteiger charge is -2.10. The molecule has 0 unspecified atom stereocenters. The highest BCUT2D eigenvalue weighted by molar-refractivity contribution is 6.34. The highest BCUT2D eigenvalue weighted by Crippen LogP contribution is 2.30. The minimum absolute atomic E-state index is 0.161. The van der Waals surface area contributed by atoms with Crippen LogP contribution in [0, 0.1) is 6.92 Å². The molecule has 98 valence electrons. The SMILES string of the molecule is Cc1ccc(C(=O)O)cc1Oc1cc(Cl)cc(Cl)c1. The molecule has 0 saturated carbocycles. The third-order valence-electron chi connectivity index (χ3n) is 2.50. The molecule has 2 aromatic carbocycles. The smallest absolute Gasteiger partial charge is 0.335 e. The van der Waals surface area contributed by atoms with Crippen molar-refractivity contribution in [1.82, 2.24) is 0 Å². The van der Waals surface area contributed by atoms with E-state index in [-0.39, 0.29) is 5.56 Å². The summed E-state index contributed by atoms with van der Waals surface area (Å²) in [4.78, 5) is 10.9. The highest BCUT2D eigenvalue weighted by atomic mass is 35.5. The molecule has 0 fully saturated rings. The molecule has 2 aromatic rings. The highest BCUT2D eigenvalue weighted by Gasteiger charge is 2.08. The molecule has 0 saturated heterocycles. The first-order valence-corrected chi connectivity index (χ1v) is 6.19. The van der Waals surface area contributed by atoms with Crippen LogP contribution in [0.3, 0.4) is 0 Å². The van der Waals surface area contributed by atoms with Gasteiger partial charge in [0.1, 0.15) is 11.5 Å². The van der Waals surface area contributed by atoms with Crippen LogP contribution in [0.15, 0.2) is 36.4 Å². The van der Waals surface area contributed by atoms with Gasteiger partial charge in [0.15, 0.2) is 0 Å². The molecular weight excluding hydrogens is 287 g/mol. The third kappa shape index (κ3) is 3.40. The molecule has 0 aromatic heterocycles. The average molecular weight is 297 g/mol. The van der Waals surface area contributed by atoms with Gasteiger partial charge in [0.25, 0.3) is 0 Å². The Morgan fingerprint density at radius 2 is 1.74 bits per heavy atom. The summed E-state index contributed by atoms with van der Waals surface area (Å²) in [6.45, 7) is 1.83. The molecule has 5 heteroatoms. The van der Waals surface area contributed by atoms with Crippen molar-refractivity contribution in [2.75, 3.05) is 0 Å². The molecule has 0 heterocycles. The van der Waals surface area contributed by atoms with E-state index >= 15 is 0 Å². The molecule has 1 N–H and O–H groups in total. The van der Waals surface area contributed by atoms with Crippen LogP contribution in [0.2, 0.25) is 10.0 Å². The Balaban J connectivity index is 2.37. The van der Waals surface area contributed by atoms with E-state index in [1.165, 1.54) is 12.1 Å². The summed E-state index contributed by atoms with van der Waals surface area (Å²) in [5, 5.41) is 9.86. The van der Waals surface area contributed by atoms with E-state index in [0.717, 1.165) is 5.56 Å². The topological polar surface area (TPSA) is 46.5 Å². The Bertz CT molecular complexity index is 618. The maximum Gasteiger partial charge on any atom is 0.335 e. The Labute approximate surface area is 120 Å². The Kier molecular flexibility index (Phi) is 3.98. The van der Waals surface area contributed by atoms with Gasteiger partial charge in [-0.15, -0.1) is 0 Å². The van der Waals surface area contributed by atoms with E-state index in [1.54, 1.807) is 24.3 Å². The summed E-state index contributed by atoms with van der Waals surface area (Å²) >= 11 is 11.8. The summed E-state index contributed by atoms with van der Waals surface area (Å²) < 4.78 is 5.63. The largest absolute Gasteiger partial charge is 0.478 e. The fourth-order valence-electron chi connectivity index (χ4n) is 1.56. The van der Waals surface area contributed by atoms with Gasteiger partial charge < -0.3 is 9.84 Å². The molecule has 0 aliphatic heterocycles. The molecule has 0 amide bonds. The molecule has 0 atom stereocenters. The van der Waals surface area contributed by atoms with Crippen LogP contribution in [-0.4, -0.2) is 11.1 Å². The second-order valence-corrected chi connectivity index (χ2v) is 4.87. The van der Waals surface area contributed by atoms with Gasteiger partial charge in [-0.05, 0) is 42.8 Å². The fourth-order valence-corrected chi connectivity index (χ4v) is 2.06. The van der Waals surface area contributed by atoms with Crippen molar-refractivity contribution in [3.63, 3.8) is 0 Å². The van der Waals surface area contributed by atoms with Crippen molar-refractivity contribution in [2.45, 2.75) is 6.92 Å². The van der Waals surface area contributed by atoms with E-state index in [9.17, 15) is 4.79 Å². The number of hydrogen-bond acceptors (Lipinski definition) is 2. The summed E-state index contributed by atoms with van der Waals surface area (Å²) in [6, 6.07) is 9.49. The lowest BCUT2D eigenvalue weighted by atomic mass is 10.1. The summed E-state index contributed by atoms with van der Waals surface area (Å²) in [7, 11) is 0. The van der Waals surface area contributed by atoms with Gasteiger partial charge in [0, 0.05) is 10.0 Å². The minimum atomic E-state index is -1.01. The first-order chi connectivity index (χ1) is 8.95. The van der Waals surface area contributed by atoms with E-state index in [1.807, 2.05) is 6.92 Å². The molecular formula is C14H10Cl2O3. The predicted octanol–water partition coefficient (Wildman–Crippen LogP) is 4.79. The quantitative estimate of drug-likeness (QED) is 0.885. The Hall–Kier alpha value is -1.71. The van der Waals surface area contributed by atoms with E-state index in [4.69, 9.17) is 33.0 Å². The first-order valence-electron chi connectivity index (χ1n) is 5.43. The maximum absolute atomic E-state index is 10.9. The summed E-state index contributed by atoms with van der Waals surface area (Å²) in [6.07, 6.45) is 0. The normalized spacial score (nSPS) is 10.3. The van der Waals surface area contributed by atoms with Gasteiger partial charge in [-0.1, -0.05) is 29.3 Å². The van der Waals surface area contributed by atoms with Gasteiger partial charge in [-0.3, -0.25) is 0 Å². The van der Waals surface area contributed by atoms with Crippen LogP contribution in [0.4, 0.5) is 0 Å². The van der Waals surface area contributed by atoms with Crippen LogP contribution in [-0.2, 0) is 0 Å². The number of carboxylic acid groups (broad SMARTS) is 1. The lowest BCUT2D eigenvalue weighted by molar-refractivity contribution is 0.0696. The molecule has 0 aliphatic carbocycles. The number of benzene rings is 2. The first kappa shape index (κ1) is 13.7. The second kappa shape index (κ2) is 5.51. The number of carbonyl (C=O) groups is 1. The fraction of sp³-hybridized carbons (Fsp3) is 0.0714. The van der Waals surface area contributed by atoms with E-state index < -0.39 is 5.97 Å². The summed E-state index contributed by atoms with van der Waals surface area (Å²) in [5.41, 5.74) is 0.981. The monoisotopic (exact) mass is 296 g/mol. The molecule has 3 nitrogen and oxygen atoms in total. The number of ether oxygens (including phenoxy) is 1. The van der Waals surface area contributed by atoms with Crippen LogP contribution in [0.1, 0.15) is 15.9 Å². The van der Waals surface area contributed by atoms with Crippen molar-refractivity contribution in [3.05, 3.63) is 57.6 Å². The summed E-state index contributed by atoms with van der Waals surface area (Å²) in [5.74, 6) is -0.0876. The van der Waals surface area contributed by atoms with Crippen molar-refractivity contribution >= 4 is 29.2 Å². The number of hydrogen-bond donors (Lipinski definition) is 1. The number of carboxylic acids is 1. The molecule has 0 radical (unpaired) electrons. The zero-order valence-corrected chi connectivity index (χ0v) is 11.5. The van der Waals surface area contributed by atoms with E-state index in [2.05, 4.69) is 0 Å². The molecule has 0 aliphatic rings. The van der Waals surface area contributed by atoms with Gasteiger partial charge in [-0.25, -0.2) is 4.79 Å². The number of rotatable bonds is 3. The number of aryl methyl sites for hydroxylation is 1. The van der Waals surface area contributed by atoms with Gasteiger partial charge in [0.05, 0.1) is 5.56 Å². The van der Waals surface area contributed by atoms with Crippen LogP contribution in [0.25, 0.3) is 0 Å². The number of halogens is 2. The van der Waals surface area contributed by atoms with Gasteiger partial charge >= 0.3 is 5.97 Å². The molecule has 0 spiro atoms. The second-order valence-electron chi connectivity index (χ2n) is 3.99. The van der Waals surface area contributed by atoms with Crippen LogP contribution < -0.4 is 4.74 Å². The van der Waals surface area contributed by atoms with Gasteiger partial charge in [-0.2, -0.15) is 0 Å². The number of aromatic carboxylic acids is 1. The van der Waals surface area contributed by atoms with E-state index in [0.29, 0.717) is 21.5 Å². The third-order valence-corrected chi connectivity index (χ3v) is 2.94. The molecule has 2 rings (SSSR count). The zero-order chi connectivity index (χ0) is 14.0. The van der Waals surface area contributed by atoms with Crippen LogP contribution >= 0.6 is 23.2 Å². The maximum atomic E-state index is 10.9. The van der Waals surface area contributed by atoms with Crippen molar-refractivity contribution in [1.29, 1.82) is 0 Å². The zero-order valence-electron chi connectivity index (χ0n) is 9.98. The van der Waals surface area contributed by atoms with Crippen LogP contribution in [0.5, 0.6) is 11.5 Å². The average Bonchev–Trinajstić information content (AvgIpc) is 2.30. The predicted molar refractivity (Wildman–Crippen MR) is 74.7 cm³/mol. The Morgan fingerprint density at radius 1 is 1.11 bits per heavy atom. The Morgan fingerprint density at radius 3 is 2.32 bits per heavy atom. The standard InChI is InChI=1S/C14H10Cl2O3/c1-8-2-3-9(14(17)18)4-13(8)19-12-6-10(15)5-11(16)7-12/h2-7H,1H3,(H,17,18). The van der Waals surface area contributed by atoms with Crippen molar-refractivity contribution < 1.29 is 14.6 Å². The lowest BCUT2D eigenvalue weighted by Crippen LogP contribution is -1.97. The minimum Gasteiger partial charge on any atom is -0.478 e. The van der Waals surface area contributed by atoms with Gasteiger partial charge in [0.2, 0.25) is 0 Å². The van der Waals surface area contributed by atoms with Crippen molar-refractivity contribution in [2.24, 2.45) is 0 Å². The van der Waals surface area contributed by atoms with Crippen molar-refractivity contribution in [3.8, 4) is 11.5 Å².